The van der Waals surface area contributed by atoms with E-state index in [4.69, 9.17) is 9.47 Å². The number of aromatic nitrogens is 2. The number of nitrogens with zero attached hydrogens (tertiary/aromatic N) is 2. The number of hydrogen-bond acceptors (Lipinski definition) is 6. The van der Waals surface area contributed by atoms with Gasteiger partial charge in [0.15, 0.2) is 11.6 Å². The zero-order valence-corrected chi connectivity index (χ0v) is 11.8. The predicted molar refractivity (Wildman–Crippen MR) is 74.8 cm³/mol. The number of rotatable bonds is 6. The van der Waals surface area contributed by atoms with Crippen LogP contribution in [-0.4, -0.2) is 42.9 Å². The molecule has 106 valence electrons. The fourth-order valence-corrected chi connectivity index (χ4v) is 2.26. The Hall–Kier alpha value is -1.56. The zero-order chi connectivity index (χ0) is 13.7. The van der Waals surface area contributed by atoms with E-state index in [1.54, 1.807) is 7.11 Å². The zero-order valence-electron chi connectivity index (χ0n) is 11.8. The molecule has 1 aromatic heterocycles. The van der Waals surface area contributed by atoms with Crippen LogP contribution in [0.1, 0.15) is 20.3 Å². The molecular formula is C13H22N4O2. The van der Waals surface area contributed by atoms with Crippen LogP contribution < -0.4 is 15.4 Å². The van der Waals surface area contributed by atoms with Gasteiger partial charge in [-0.2, -0.15) is 0 Å². The quantitative estimate of drug-likeness (QED) is 0.817. The third kappa shape index (κ3) is 3.26. The molecule has 0 saturated carbocycles. The van der Waals surface area contributed by atoms with Crippen LogP contribution in [0.25, 0.3) is 0 Å². The summed E-state index contributed by atoms with van der Waals surface area (Å²) < 4.78 is 10.9. The van der Waals surface area contributed by atoms with E-state index < -0.39 is 0 Å². The third-order valence-electron chi connectivity index (χ3n) is 3.42. The summed E-state index contributed by atoms with van der Waals surface area (Å²) >= 11 is 0. The van der Waals surface area contributed by atoms with Crippen LogP contribution in [0, 0.1) is 5.92 Å². The van der Waals surface area contributed by atoms with Gasteiger partial charge in [-0.05, 0) is 20.3 Å². The van der Waals surface area contributed by atoms with Crippen LogP contribution in [0.15, 0.2) is 6.33 Å². The second kappa shape index (κ2) is 6.56. The molecule has 6 heteroatoms. The first-order chi connectivity index (χ1) is 9.26. The van der Waals surface area contributed by atoms with Crippen molar-refractivity contribution in [2.45, 2.75) is 26.4 Å². The Morgan fingerprint density at radius 2 is 2.11 bits per heavy atom. The molecule has 0 aliphatic carbocycles. The smallest absolute Gasteiger partial charge is 0.204 e. The summed E-state index contributed by atoms with van der Waals surface area (Å²) in [5.74, 6) is 2.63. The van der Waals surface area contributed by atoms with E-state index in [0.29, 0.717) is 17.8 Å². The number of nitrogens with one attached hydrogen (secondary N) is 2. The summed E-state index contributed by atoms with van der Waals surface area (Å²) in [7, 11) is 1.63. The fourth-order valence-electron chi connectivity index (χ4n) is 2.26. The standard InChI is InChI=1S/C13H22N4O2/c1-4-14-12-11(18-3)13(17-8-16-12)15-7-10-5-6-19-9(10)2/h8-10H,4-7H2,1-3H3,(H2,14,15,16,17). The molecule has 0 bridgehead atoms. The summed E-state index contributed by atoms with van der Waals surface area (Å²) in [6.45, 7) is 6.60. The van der Waals surface area contributed by atoms with Crippen molar-refractivity contribution < 1.29 is 9.47 Å². The molecule has 0 radical (unpaired) electrons. The molecule has 0 spiro atoms. The Labute approximate surface area is 113 Å². The Morgan fingerprint density at radius 3 is 2.68 bits per heavy atom. The highest BCUT2D eigenvalue weighted by molar-refractivity contribution is 5.63. The SMILES string of the molecule is CCNc1ncnc(NCC2CCOC2C)c1OC. The molecule has 2 atom stereocenters. The molecule has 0 amide bonds. The minimum atomic E-state index is 0.300. The highest BCUT2D eigenvalue weighted by Crippen LogP contribution is 2.29. The highest BCUT2D eigenvalue weighted by atomic mass is 16.5. The second-order valence-electron chi connectivity index (χ2n) is 4.64. The van der Waals surface area contributed by atoms with Crippen LogP contribution in [0.2, 0.25) is 0 Å². The van der Waals surface area contributed by atoms with Gasteiger partial charge in [-0.3, -0.25) is 0 Å². The molecule has 0 aromatic carbocycles. The summed E-state index contributed by atoms with van der Waals surface area (Å²) in [6.07, 6.45) is 2.92. The van der Waals surface area contributed by atoms with Gasteiger partial charge in [0.05, 0.1) is 13.2 Å². The van der Waals surface area contributed by atoms with Gasteiger partial charge in [0.2, 0.25) is 5.75 Å². The molecule has 2 unspecified atom stereocenters. The van der Waals surface area contributed by atoms with Crippen molar-refractivity contribution in [3.63, 3.8) is 0 Å². The normalized spacial score (nSPS) is 22.3. The summed E-state index contributed by atoms with van der Waals surface area (Å²) in [5, 5.41) is 6.50. The lowest BCUT2D eigenvalue weighted by molar-refractivity contribution is 0.108. The van der Waals surface area contributed by atoms with Crippen LogP contribution in [-0.2, 0) is 4.74 Å². The topological polar surface area (TPSA) is 68.3 Å². The first kappa shape index (κ1) is 13.9. The average molecular weight is 266 g/mol. The van der Waals surface area contributed by atoms with Crippen molar-refractivity contribution in [2.24, 2.45) is 5.92 Å². The van der Waals surface area contributed by atoms with Crippen molar-refractivity contribution in [3.05, 3.63) is 6.33 Å². The van der Waals surface area contributed by atoms with E-state index in [9.17, 15) is 0 Å². The highest BCUT2D eigenvalue weighted by Gasteiger charge is 2.24. The van der Waals surface area contributed by atoms with E-state index in [1.807, 2.05) is 6.92 Å². The molecule has 2 N–H and O–H groups in total. The Bertz CT molecular complexity index is 414. The van der Waals surface area contributed by atoms with E-state index in [2.05, 4.69) is 27.5 Å². The maximum Gasteiger partial charge on any atom is 0.204 e. The molecule has 1 aliphatic heterocycles. The maximum absolute atomic E-state index is 5.56. The van der Waals surface area contributed by atoms with Crippen molar-refractivity contribution >= 4 is 11.6 Å². The minimum Gasteiger partial charge on any atom is -0.490 e. The lowest BCUT2D eigenvalue weighted by Gasteiger charge is -2.17. The van der Waals surface area contributed by atoms with Crippen molar-refractivity contribution in [2.75, 3.05) is 37.4 Å². The van der Waals surface area contributed by atoms with Gasteiger partial charge in [-0.25, -0.2) is 9.97 Å². The number of ether oxygens (including phenoxy) is 2. The summed E-state index contributed by atoms with van der Waals surface area (Å²) in [5.41, 5.74) is 0. The summed E-state index contributed by atoms with van der Waals surface area (Å²) in [6, 6.07) is 0. The van der Waals surface area contributed by atoms with E-state index in [1.165, 1.54) is 6.33 Å². The summed E-state index contributed by atoms with van der Waals surface area (Å²) in [4.78, 5) is 8.43. The van der Waals surface area contributed by atoms with E-state index >= 15 is 0 Å². The van der Waals surface area contributed by atoms with Gasteiger partial charge < -0.3 is 20.1 Å². The van der Waals surface area contributed by atoms with Crippen LogP contribution in [0.5, 0.6) is 5.75 Å². The molecule has 2 rings (SSSR count). The van der Waals surface area contributed by atoms with Crippen molar-refractivity contribution in [3.8, 4) is 5.75 Å². The number of methoxy groups -OCH3 is 1. The molecule has 1 aromatic rings. The first-order valence-corrected chi connectivity index (χ1v) is 6.74. The van der Waals surface area contributed by atoms with Crippen LogP contribution in [0.4, 0.5) is 11.6 Å². The minimum absolute atomic E-state index is 0.300. The largest absolute Gasteiger partial charge is 0.490 e. The molecule has 19 heavy (non-hydrogen) atoms. The Balaban J connectivity index is 2.04. The molecule has 2 heterocycles. The molecule has 1 saturated heterocycles. The Kier molecular flexibility index (Phi) is 4.79. The van der Waals surface area contributed by atoms with Gasteiger partial charge in [0, 0.05) is 25.6 Å². The lowest BCUT2D eigenvalue weighted by atomic mass is 10.0. The van der Waals surface area contributed by atoms with Crippen LogP contribution in [0.3, 0.4) is 0 Å². The van der Waals surface area contributed by atoms with Gasteiger partial charge in [0.1, 0.15) is 6.33 Å². The van der Waals surface area contributed by atoms with Crippen molar-refractivity contribution in [1.29, 1.82) is 0 Å². The Morgan fingerprint density at radius 1 is 1.37 bits per heavy atom. The lowest BCUT2D eigenvalue weighted by Crippen LogP contribution is -2.21. The molecule has 6 nitrogen and oxygen atoms in total. The predicted octanol–water partition coefficient (Wildman–Crippen LogP) is 1.75. The molecule has 1 aliphatic rings. The molecular weight excluding hydrogens is 244 g/mol. The van der Waals surface area contributed by atoms with Gasteiger partial charge in [-0.1, -0.05) is 0 Å². The maximum atomic E-state index is 5.56. The fraction of sp³-hybridized carbons (Fsp3) is 0.692. The first-order valence-electron chi connectivity index (χ1n) is 6.74. The third-order valence-corrected chi connectivity index (χ3v) is 3.42. The van der Waals surface area contributed by atoms with Gasteiger partial charge in [0.25, 0.3) is 0 Å². The van der Waals surface area contributed by atoms with Crippen molar-refractivity contribution in [1.82, 2.24) is 9.97 Å². The van der Waals surface area contributed by atoms with E-state index in [-0.39, 0.29) is 0 Å². The van der Waals surface area contributed by atoms with Crippen LogP contribution >= 0.6 is 0 Å². The van der Waals surface area contributed by atoms with Gasteiger partial charge in [-0.15, -0.1) is 0 Å². The number of hydrogen-bond donors (Lipinski definition) is 2. The van der Waals surface area contributed by atoms with Gasteiger partial charge >= 0.3 is 0 Å². The number of anilines is 2. The van der Waals surface area contributed by atoms with E-state index in [0.717, 1.165) is 37.8 Å². The average Bonchev–Trinajstić information content (AvgIpc) is 2.82. The second-order valence-corrected chi connectivity index (χ2v) is 4.64. The monoisotopic (exact) mass is 266 g/mol. The molecule has 1 fully saturated rings.